The van der Waals surface area contributed by atoms with Crippen molar-refractivity contribution in [1.29, 1.82) is 0 Å². The molecule has 0 bridgehead atoms. The molecule has 0 N–H and O–H groups in total. The Morgan fingerprint density at radius 3 is 3.27 bits per heavy atom. The summed E-state index contributed by atoms with van der Waals surface area (Å²) in [6, 6.07) is 0. The highest BCUT2D eigenvalue weighted by Crippen LogP contribution is 2.20. The fraction of sp³-hybridized carbons (Fsp3) is 0.556. The van der Waals surface area contributed by atoms with Crippen molar-refractivity contribution in [2.75, 3.05) is 26.8 Å². The Hall–Kier alpha value is -0.650. The van der Waals surface area contributed by atoms with Gasteiger partial charge in [-0.25, -0.2) is 4.98 Å². The zero-order valence-electron chi connectivity index (χ0n) is 8.44. The molecule has 82 valence electrons. The minimum Gasteiger partial charge on any atom is -0.372 e. The summed E-state index contributed by atoms with van der Waals surface area (Å²) in [5, 5.41) is 0. The molecule has 1 aromatic rings. The Labute approximate surface area is 97.5 Å². The average Bonchev–Trinajstić information content (AvgIpc) is 2.65. The van der Waals surface area contributed by atoms with E-state index in [1.54, 1.807) is 7.05 Å². The van der Waals surface area contributed by atoms with Gasteiger partial charge in [0, 0.05) is 24.7 Å². The molecule has 1 aliphatic heterocycles. The fourth-order valence-corrected chi connectivity index (χ4v) is 2.47. The maximum absolute atomic E-state index is 5.78. The van der Waals surface area contributed by atoms with Crippen molar-refractivity contribution in [3.8, 4) is 0 Å². The molecule has 0 radical (unpaired) electrons. The van der Waals surface area contributed by atoms with Crippen LogP contribution in [0.15, 0.2) is 11.2 Å². The predicted molar refractivity (Wildman–Crippen MR) is 61.7 cm³/mol. The molecular weight excluding hydrogens is 234 g/mol. The molecule has 6 heteroatoms. The Balaban J connectivity index is 2.03. The number of ether oxygens (including phenoxy) is 1. The fourth-order valence-electron chi connectivity index (χ4n) is 1.48. The van der Waals surface area contributed by atoms with Crippen LogP contribution in [-0.2, 0) is 11.3 Å². The van der Waals surface area contributed by atoms with Gasteiger partial charge in [-0.05, 0) is 0 Å². The zero-order chi connectivity index (χ0) is 10.7. The van der Waals surface area contributed by atoms with Gasteiger partial charge in [-0.15, -0.1) is 11.3 Å². The van der Waals surface area contributed by atoms with Gasteiger partial charge in [0.2, 0.25) is 0 Å². The summed E-state index contributed by atoms with van der Waals surface area (Å²) < 4.78 is 5.93. The number of thiazole rings is 1. The monoisotopic (exact) mass is 245 g/mol. The number of aliphatic imine (C=N–C) groups is 1. The van der Waals surface area contributed by atoms with E-state index in [-0.39, 0.29) is 0 Å². The van der Waals surface area contributed by atoms with Gasteiger partial charge < -0.3 is 9.64 Å². The van der Waals surface area contributed by atoms with Crippen LogP contribution in [-0.4, -0.2) is 42.5 Å². The van der Waals surface area contributed by atoms with Crippen LogP contribution in [0.4, 0.5) is 0 Å². The molecule has 1 aromatic heterocycles. The number of morpholine rings is 1. The van der Waals surface area contributed by atoms with E-state index in [0.717, 1.165) is 30.4 Å². The van der Waals surface area contributed by atoms with Crippen molar-refractivity contribution in [2.24, 2.45) is 4.99 Å². The van der Waals surface area contributed by atoms with E-state index in [2.05, 4.69) is 14.9 Å². The van der Waals surface area contributed by atoms with Gasteiger partial charge in [0.1, 0.15) is 12.4 Å². The molecule has 2 heterocycles. The lowest BCUT2D eigenvalue weighted by Gasteiger charge is -2.29. The Bertz CT molecular complexity index is 366. The average molecular weight is 246 g/mol. The van der Waals surface area contributed by atoms with Crippen molar-refractivity contribution in [2.45, 2.75) is 6.54 Å². The third-order valence-corrected chi connectivity index (χ3v) is 3.33. The highest BCUT2D eigenvalue weighted by Gasteiger charge is 2.17. The van der Waals surface area contributed by atoms with E-state index in [1.807, 2.05) is 6.20 Å². The molecule has 0 spiro atoms. The number of nitrogens with zero attached hydrogens (tertiary/aromatic N) is 3. The SMILES string of the molecule is CN=C1COCCN1Cc1cnc(Cl)s1. The maximum Gasteiger partial charge on any atom is 0.183 e. The van der Waals surface area contributed by atoms with E-state index in [9.17, 15) is 0 Å². The quantitative estimate of drug-likeness (QED) is 0.795. The molecule has 0 aliphatic carbocycles. The smallest absolute Gasteiger partial charge is 0.183 e. The molecule has 0 aromatic carbocycles. The van der Waals surface area contributed by atoms with Crippen LogP contribution in [0.2, 0.25) is 4.47 Å². The summed E-state index contributed by atoms with van der Waals surface area (Å²) >= 11 is 7.29. The molecule has 0 unspecified atom stereocenters. The molecule has 1 aliphatic rings. The standard InChI is InChI=1S/C9H12ClN3OS/c1-11-8-6-14-3-2-13(8)5-7-4-12-9(10)15-7/h4H,2-3,5-6H2,1H3. The van der Waals surface area contributed by atoms with Crippen molar-refractivity contribution in [3.63, 3.8) is 0 Å². The van der Waals surface area contributed by atoms with E-state index in [0.29, 0.717) is 11.1 Å². The van der Waals surface area contributed by atoms with Crippen LogP contribution >= 0.6 is 22.9 Å². The number of rotatable bonds is 2. The molecule has 0 atom stereocenters. The molecule has 0 amide bonds. The lowest BCUT2D eigenvalue weighted by atomic mass is 10.3. The van der Waals surface area contributed by atoms with Crippen LogP contribution in [0.25, 0.3) is 0 Å². The Morgan fingerprint density at radius 2 is 2.60 bits per heavy atom. The van der Waals surface area contributed by atoms with Gasteiger partial charge in [0.25, 0.3) is 0 Å². The third kappa shape index (κ3) is 2.68. The van der Waals surface area contributed by atoms with Crippen molar-refractivity contribution in [3.05, 3.63) is 15.5 Å². The van der Waals surface area contributed by atoms with Gasteiger partial charge in [0.05, 0.1) is 13.2 Å². The molecule has 1 fully saturated rings. The summed E-state index contributed by atoms with van der Waals surface area (Å²) in [5.41, 5.74) is 0. The highest BCUT2D eigenvalue weighted by molar-refractivity contribution is 7.15. The van der Waals surface area contributed by atoms with E-state index >= 15 is 0 Å². The summed E-state index contributed by atoms with van der Waals surface area (Å²) in [7, 11) is 1.79. The van der Waals surface area contributed by atoms with E-state index < -0.39 is 0 Å². The molecule has 2 rings (SSSR count). The topological polar surface area (TPSA) is 37.7 Å². The maximum atomic E-state index is 5.78. The molecule has 0 saturated carbocycles. The summed E-state index contributed by atoms with van der Waals surface area (Å²) in [6.45, 7) is 3.05. The molecule has 1 saturated heterocycles. The lowest BCUT2D eigenvalue weighted by molar-refractivity contribution is 0.114. The lowest BCUT2D eigenvalue weighted by Crippen LogP contribution is -2.40. The number of halogens is 1. The first-order valence-corrected chi connectivity index (χ1v) is 5.87. The Kier molecular flexibility index (Phi) is 3.56. The molecule has 15 heavy (non-hydrogen) atoms. The zero-order valence-corrected chi connectivity index (χ0v) is 10.0. The Morgan fingerprint density at radius 1 is 1.73 bits per heavy atom. The number of hydrogen-bond donors (Lipinski definition) is 0. The van der Waals surface area contributed by atoms with Gasteiger partial charge in [-0.2, -0.15) is 0 Å². The van der Waals surface area contributed by atoms with Crippen LogP contribution in [0.5, 0.6) is 0 Å². The normalized spacial score (nSPS) is 19.9. The second-order valence-corrected chi connectivity index (χ2v) is 4.89. The first-order valence-electron chi connectivity index (χ1n) is 4.68. The van der Waals surface area contributed by atoms with Crippen LogP contribution in [0.1, 0.15) is 4.88 Å². The van der Waals surface area contributed by atoms with Gasteiger partial charge in [0.15, 0.2) is 4.47 Å². The highest BCUT2D eigenvalue weighted by atomic mass is 35.5. The van der Waals surface area contributed by atoms with Crippen molar-refractivity contribution < 1.29 is 4.74 Å². The largest absolute Gasteiger partial charge is 0.372 e. The summed E-state index contributed by atoms with van der Waals surface area (Å²) in [4.78, 5) is 11.6. The summed E-state index contributed by atoms with van der Waals surface area (Å²) in [5.74, 6) is 0.991. The van der Waals surface area contributed by atoms with Gasteiger partial charge >= 0.3 is 0 Å². The second-order valence-electron chi connectivity index (χ2n) is 3.19. The minimum atomic E-state index is 0.591. The first kappa shape index (κ1) is 10.9. The number of aromatic nitrogens is 1. The second kappa shape index (κ2) is 4.92. The van der Waals surface area contributed by atoms with Gasteiger partial charge in [-0.3, -0.25) is 4.99 Å². The van der Waals surface area contributed by atoms with Gasteiger partial charge in [-0.1, -0.05) is 11.6 Å². The predicted octanol–water partition coefficient (Wildman–Crippen LogP) is 1.66. The molecule has 4 nitrogen and oxygen atoms in total. The van der Waals surface area contributed by atoms with E-state index in [1.165, 1.54) is 11.3 Å². The van der Waals surface area contributed by atoms with Crippen molar-refractivity contribution >= 4 is 28.8 Å². The third-order valence-electron chi connectivity index (χ3n) is 2.23. The van der Waals surface area contributed by atoms with Crippen LogP contribution < -0.4 is 0 Å². The molecular formula is C9H12ClN3OS. The number of amidine groups is 1. The van der Waals surface area contributed by atoms with Crippen LogP contribution in [0, 0.1) is 0 Å². The van der Waals surface area contributed by atoms with Crippen molar-refractivity contribution in [1.82, 2.24) is 9.88 Å². The van der Waals surface area contributed by atoms with Crippen LogP contribution in [0.3, 0.4) is 0 Å². The minimum absolute atomic E-state index is 0.591. The first-order chi connectivity index (χ1) is 7.29. The number of hydrogen-bond acceptors (Lipinski definition) is 4. The summed E-state index contributed by atoms with van der Waals surface area (Å²) in [6.07, 6.45) is 1.82. The van der Waals surface area contributed by atoms with E-state index in [4.69, 9.17) is 16.3 Å².